The van der Waals surface area contributed by atoms with Crippen molar-refractivity contribution in [2.45, 2.75) is 27.2 Å². The van der Waals surface area contributed by atoms with Gasteiger partial charge in [0.05, 0.1) is 5.69 Å². The molecule has 0 bridgehead atoms. The predicted octanol–water partition coefficient (Wildman–Crippen LogP) is 4.98. The van der Waals surface area contributed by atoms with E-state index in [0.717, 1.165) is 34.0 Å². The van der Waals surface area contributed by atoms with Crippen molar-refractivity contribution in [3.05, 3.63) is 87.7 Å². The molecule has 6 nitrogen and oxygen atoms in total. The summed E-state index contributed by atoms with van der Waals surface area (Å²) in [5.74, 6) is -1.40. The van der Waals surface area contributed by atoms with Gasteiger partial charge in [0.15, 0.2) is 0 Å². The molecule has 2 heterocycles. The van der Waals surface area contributed by atoms with Crippen molar-refractivity contribution in [1.29, 1.82) is 0 Å². The van der Waals surface area contributed by atoms with E-state index in [1.807, 2.05) is 19.9 Å². The molecule has 0 atom stereocenters. The highest BCUT2D eigenvalue weighted by molar-refractivity contribution is 6.39. The first-order valence-electron chi connectivity index (χ1n) is 10.3. The van der Waals surface area contributed by atoms with E-state index in [2.05, 4.69) is 41.1 Å². The third-order valence-corrected chi connectivity index (χ3v) is 5.81. The number of anilines is 1. The summed E-state index contributed by atoms with van der Waals surface area (Å²) >= 11 is 5.91. The normalized spacial score (nSPS) is 15.4. The number of hydrogen-bond donors (Lipinski definition) is 1. The molecule has 1 N–H and O–H groups in total. The average Bonchev–Trinajstić information content (AvgIpc) is 3.05. The molecule has 7 heteroatoms. The number of nitrogens with one attached hydrogen (secondary N) is 1. The van der Waals surface area contributed by atoms with Gasteiger partial charge in [0.2, 0.25) is 0 Å². The van der Waals surface area contributed by atoms with Crippen LogP contribution < -0.4 is 10.2 Å². The van der Waals surface area contributed by atoms with E-state index < -0.39 is 17.8 Å². The molecular weight excluding hydrogens is 426 g/mol. The van der Waals surface area contributed by atoms with Crippen LogP contribution in [-0.2, 0) is 16.0 Å². The van der Waals surface area contributed by atoms with E-state index in [-0.39, 0.29) is 5.57 Å². The highest BCUT2D eigenvalue weighted by Crippen LogP contribution is 2.27. The number of halogens is 1. The van der Waals surface area contributed by atoms with E-state index >= 15 is 0 Å². The Bertz CT molecular complexity index is 1250. The Labute approximate surface area is 191 Å². The standard InChI is InChI=1S/C25H22ClN3O3/c1-4-17-5-9-20(10-6-17)28-15(2)13-18(16(28)3)14-22-23(30)27-25(32)29(24(22)31)21-11-7-19(26)8-12-21/h5-14H,4H2,1-3H3,(H,27,30,32). The second kappa shape index (κ2) is 8.48. The van der Waals surface area contributed by atoms with Crippen LogP contribution in [0.15, 0.2) is 60.2 Å². The van der Waals surface area contributed by atoms with Crippen molar-refractivity contribution < 1.29 is 14.4 Å². The number of carbonyl (C=O) groups is 3. The maximum atomic E-state index is 13.1. The summed E-state index contributed by atoms with van der Waals surface area (Å²) in [5.41, 5.74) is 5.04. The van der Waals surface area contributed by atoms with Crippen LogP contribution in [-0.4, -0.2) is 22.4 Å². The van der Waals surface area contributed by atoms with Gasteiger partial charge in [-0.25, -0.2) is 9.69 Å². The lowest BCUT2D eigenvalue weighted by Gasteiger charge is -2.26. The van der Waals surface area contributed by atoms with Gasteiger partial charge < -0.3 is 4.57 Å². The zero-order valence-corrected chi connectivity index (χ0v) is 18.7. The van der Waals surface area contributed by atoms with Crippen molar-refractivity contribution in [3.8, 4) is 5.69 Å². The van der Waals surface area contributed by atoms with E-state index in [1.165, 1.54) is 11.6 Å². The summed E-state index contributed by atoms with van der Waals surface area (Å²) in [5, 5.41) is 2.72. The third kappa shape index (κ3) is 3.85. The summed E-state index contributed by atoms with van der Waals surface area (Å²) in [6, 6.07) is 15.7. The number of nitrogens with zero attached hydrogens (tertiary/aromatic N) is 2. The van der Waals surface area contributed by atoms with Gasteiger partial charge in [0, 0.05) is 22.1 Å². The molecule has 1 saturated heterocycles. The van der Waals surface area contributed by atoms with Crippen LogP contribution in [0.25, 0.3) is 11.8 Å². The quantitative estimate of drug-likeness (QED) is 0.453. The molecule has 162 valence electrons. The van der Waals surface area contributed by atoms with Gasteiger partial charge in [-0.1, -0.05) is 30.7 Å². The molecule has 0 spiro atoms. The maximum absolute atomic E-state index is 13.1. The van der Waals surface area contributed by atoms with Crippen LogP contribution in [0.4, 0.5) is 10.5 Å². The minimum absolute atomic E-state index is 0.110. The number of hydrogen-bond acceptors (Lipinski definition) is 3. The van der Waals surface area contributed by atoms with Crippen molar-refractivity contribution in [1.82, 2.24) is 9.88 Å². The average molecular weight is 448 g/mol. The molecule has 2 aromatic carbocycles. The number of carbonyl (C=O) groups excluding carboxylic acids is 3. The molecule has 4 rings (SSSR count). The highest BCUT2D eigenvalue weighted by Gasteiger charge is 2.37. The van der Waals surface area contributed by atoms with Crippen LogP contribution in [0.2, 0.25) is 5.02 Å². The summed E-state index contributed by atoms with van der Waals surface area (Å²) < 4.78 is 2.07. The third-order valence-electron chi connectivity index (χ3n) is 5.56. The predicted molar refractivity (Wildman–Crippen MR) is 125 cm³/mol. The van der Waals surface area contributed by atoms with Crippen LogP contribution in [0.1, 0.15) is 29.4 Å². The molecule has 0 saturated carbocycles. The molecule has 4 amide bonds. The number of imide groups is 2. The Morgan fingerprint density at radius 3 is 2.19 bits per heavy atom. The fourth-order valence-corrected chi connectivity index (χ4v) is 3.98. The van der Waals surface area contributed by atoms with Crippen molar-refractivity contribution >= 4 is 41.2 Å². The second-order valence-electron chi connectivity index (χ2n) is 7.62. The number of amides is 4. The lowest BCUT2D eigenvalue weighted by Crippen LogP contribution is -2.54. The van der Waals surface area contributed by atoms with Crippen LogP contribution >= 0.6 is 11.6 Å². The Morgan fingerprint density at radius 2 is 1.56 bits per heavy atom. The Kier molecular flexibility index (Phi) is 5.72. The summed E-state index contributed by atoms with van der Waals surface area (Å²) in [6.45, 7) is 6.01. The molecule has 1 aliphatic rings. The minimum Gasteiger partial charge on any atom is -0.318 e. The lowest BCUT2D eigenvalue weighted by atomic mass is 10.1. The molecule has 32 heavy (non-hydrogen) atoms. The minimum atomic E-state index is -0.791. The highest BCUT2D eigenvalue weighted by atomic mass is 35.5. The maximum Gasteiger partial charge on any atom is 0.335 e. The number of aromatic nitrogens is 1. The van der Waals surface area contributed by atoms with Crippen molar-refractivity contribution in [2.24, 2.45) is 0 Å². The second-order valence-corrected chi connectivity index (χ2v) is 8.05. The molecule has 0 aliphatic carbocycles. The van der Waals surface area contributed by atoms with Gasteiger partial charge in [-0.2, -0.15) is 0 Å². The van der Waals surface area contributed by atoms with Gasteiger partial charge in [0.25, 0.3) is 11.8 Å². The number of barbiturate groups is 1. The summed E-state index contributed by atoms with van der Waals surface area (Å²) in [7, 11) is 0. The van der Waals surface area contributed by atoms with E-state index in [0.29, 0.717) is 10.7 Å². The summed E-state index contributed by atoms with van der Waals surface area (Å²) in [4.78, 5) is 38.9. The van der Waals surface area contributed by atoms with Gasteiger partial charge in [-0.3, -0.25) is 14.9 Å². The zero-order valence-electron chi connectivity index (χ0n) is 18.0. The smallest absolute Gasteiger partial charge is 0.318 e. The first-order valence-corrected chi connectivity index (χ1v) is 10.6. The molecule has 3 aromatic rings. The van der Waals surface area contributed by atoms with Gasteiger partial charge >= 0.3 is 6.03 Å². The van der Waals surface area contributed by atoms with Crippen LogP contribution in [0.5, 0.6) is 0 Å². The largest absolute Gasteiger partial charge is 0.335 e. The van der Waals surface area contributed by atoms with Gasteiger partial charge in [-0.15, -0.1) is 0 Å². The molecular formula is C25H22ClN3O3. The van der Waals surface area contributed by atoms with E-state index in [4.69, 9.17) is 11.6 Å². The van der Waals surface area contributed by atoms with Gasteiger partial charge in [-0.05, 0) is 79.9 Å². The number of aryl methyl sites for hydroxylation is 2. The van der Waals surface area contributed by atoms with Crippen molar-refractivity contribution in [3.63, 3.8) is 0 Å². The first kappa shape index (κ1) is 21.6. The molecule has 0 unspecified atom stereocenters. The number of rotatable bonds is 4. The van der Waals surface area contributed by atoms with Gasteiger partial charge in [0.1, 0.15) is 5.57 Å². The lowest BCUT2D eigenvalue weighted by molar-refractivity contribution is -0.122. The van der Waals surface area contributed by atoms with Crippen LogP contribution in [0.3, 0.4) is 0 Å². The zero-order chi connectivity index (χ0) is 23.0. The first-order chi connectivity index (χ1) is 15.3. The Morgan fingerprint density at radius 1 is 0.938 bits per heavy atom. The van der Waals surface area contributed by atoms with Crippen LogP contribution in [0, 0.1) is 13.8 Å². The number of urea groups is 1. The SMILES string of the molecule is CCc1ccc(-n2c(C)cc(C=C3C(=O)NC(=O)N(c4ccc(Cl)cc4)C3=O)c2C)cc1. The van der Waals surface area contributed by atoms with E-state index in [9.17, 15) is 14.4 Å². The monoisotopic (exact) mass is 447 g/mol. The molecule has 1 fully saturated rings. The van der Waals surface area contributed by atoms with Crippen molar-refractivity contribution in [2.75, 3.05) is 4.90 Å². The Hall–Kier alpha value is -3.64. The summed E-state index contributed by atoms with van der Waals surface area (Å²) in [6.07, 6.45) is 2.49. The molecule has 1 aliphatic heterocycles. The fraction of sp³-hybridized carbons (Fsp3) is 0.160. The fourth-order valence-electron chi connectivity index (χ4n) is 3.85. The topological polar surface area (TPSA) is 71.4 Å². The van der Waals surface area contributed by atoms with E-state index in [1.54, 1.807) is 24.3 Å². The number of benzene rings is 2. The Balaban J connectivity index is 1.73. The molecule has 0 radical (unpaired) electrons. The molecule has 1 aromatic heterocycles.